The average Bonchev–Trinajstić information content (AvgIpc) is 2.68. The Labute approximate surface area is 91.0 Å². The number of nitrogens with one attached hydrogen (secondary N) is 1. The molecule has 1 N–H and O–H groups in total. The lowest BCUT2D eigenvalue weighted by Gasteiger charge is -2.36. The number of hydrogen-bond donors (Lipinski definition) is 1. The molecule has 0 aromatic carbocycles. The van der Waals surface area contributed by atoms with Crippen LogP contribution in [0.15, 0.2) is 0 Å². The molecule has 0 spiro atoms. The van der Waals surface area contributed by atoms with E-state index in [2.05, 4.69) is 26.1 Å². The van der Waals surface area contributed by atoms with Gasteiger partial charge < -0.3 is 10.1 Å². The first-order chi connectivity index (χ1) is 7.00. The molecule has 2 unspecified atom stereocenters. The second-order valence-corrected chi connectivity index (χ2v) is 5.44. The van der Waals surface area contributed by atoms with Gasteiger partial charge in [0.1, 0.15) is 6.61 Å². The monoisotopic (exact) mass is 212 g/mol. The quantitative estimate of drug-likeness (QED) is 0.710. The van der Waals surface area contributed by atoms with Gasteiger partial charge in [-0.1, -0.05) is 0 Å². The lowest BCUT2D eigenvalue weighted by Crippen LogP contribution is -2.50. The predicted octanol–water partition coefficient (Wildman–Crippen LogP) is 1.22. The van der Waals surface area contributed by atoms with Crippen LogP contribution in [-0.4, -0.2) is 42.3 Å². The molecule has 15 heavy (non-hydrogen) atoms. The Morgan fingerprint density at radius 3 is 2.73 bits per heavy atom. The Bertz CT molecular complexity index is 254. The Hall–Kier alpha value is -0.770. The van der Waals surface area contributed by atoms with Gasteiger partial charge in [0, 0.05) is 12.1 Å². The summed E-state index contributed by atoms with van der Waals surface area (Å²) < 4.78 is 5.18. The van der Waals surface area contributed by atoms with Gasteiger partial charge in [-0.25, -0.2) is 4.79 Å². The average molecular weight is 212 g/mol. The number of ether oxygens (including phenoxy) is 1. The van der Waals surface area contributed by atoms with Gasteiger partial charge in [-0.05, 0) is 39.7 Å². The molecule has 0 aromatic heterocycles. The summed E-state index contributed by atoms with van der Waals surface area (Å²) in [6.45, 7) is 8.82. The summed E-state index contributed by atoms with van der Waals surface area (Å²) in [7, 11) is 0. The summed E-state index contributed by atoms with van der Waals surface area (Å²) >= 11 is 0. The smallest absolute Gasteiger partial charge is 0.410 e. The van der Waals surface area contributed by atoms with Crippen molar-refractivity contribution in [3.63, 3.8) is 0 Å². The lowest BCUT2D eigenvalue weighted by molar-refractivity contribution is 0.110. The molecule has 2 aliphatic heterocycles. The third kappa shape index (κ3) is 1.95. The van der Waals surface area contributed by atoms with E-state index in [1.807, 2.05) is 4.90 Å². The molecular formula is C11H20N2O2. The van der Waals surface area contributed by atoms with Crippen molar-refractivity contribution in [2.45, 2.75) is 38.8 Å². The summed E-state index contributed by atoms with van der Waals surface area (Å²) in [6.07, 6.45) is 0.993. The normalized spacial score (nSPS) is 32.2. The number of nitrogens with zero attached hydrogens (tertiary/aromatic N) is 1. The molecule has 2 atom stereocenters. The summed E-state index contributed by atoms with van der Waals surface area (Å²) in [4.78, 5) is 13.6. The van der Waals surface area contributed by atoms with Crippen LogP contribution >= 0.6 is 0 Å². The molecular weight excluding hydrogens is 192 g/mol. The van der Waals surface area contributed by atoms with Crippen LogP contribution in [0.1, 0.15) is 27.2 Å². The van der Waals surface area contributed by atoms with Crippen LogP contribution in [0.5, 0.6) is 0 Å². The van der Waals surface area contributed by atoms with E-state index in [0.29, 0.717) is 12.5 Å². The SMILES string of the molecule is CC(C)(C)N1C(=O)OCC1C1CCNC1. The second-order valence-electron chi connectivity index (χ2n) is 5.44. The topological polar surface area (TPSA) is 41.6 Å². The second kappa shape index (κ2) is 3.67. The van der Waals surface area contributed by atoms with Crippen LogP contribution in [0.4, 0.5) is 4.79 Å². The zero-order valence-electron chi connectivity index (χ0n) is 9.75. The van der Waals surface area contributed by atoms with E-state index in [0.717, 1.165) is 19.5 Å². The van der Waals surface area contributed by atoms with Crippen LogP contribution in [0, 0.1) is 5.92 Å². The van der Waals surface area contributed by atoms with Crippen LogP contribution in [0.3, 0.4) is 0 Å². The van der Waals surface area contributed by atoms with Crippen molar-refractivity contribution in [1.82, 2.24) is 10.2 Å². The third-order valence-corrected chi connectivity index (χ3v) is 3.27. The predicted molar refractivity (Wildman–Crippen MR) is 57.7 cm³/mol. The van der Waals surface area contributed by atoms with Crippen molar-refractivity contribution in [1.29, 1.82) is 0 Å². The number of carbonyl (C=O) groups is 1. The molecule has 86 valence electrons. The number of amides is 1. The van der Waals surface area contributed by atoms with Gasteiger partial charge in [0.25, 0.3) is 0 Å². The molecule has 2 saturated heterocycles. The van der Waals surface area contributed by atoms with Gasteiger partial charge in [-0.3, -0.25) is 4.90 Å². The molecule has 2 fully saturated rings. The first kappa shape index (κ1) is 10.7. The lowest BCUT2D eigenvalue weighted by atomic mass is 9.94. The highest BCUT2D eigenvalue weighted by molar-refractivity contribution is 5.71. The maximum Gasteiger partial charge on any atom is 0.410 e. The fourth-order valence-electron chi connectivity index (χ4n) is 2.56. The van der Waals surface area contributed by atoms with Gasteiger partial charge >= 0.3 is 6.09 Å². The van der Waals surface area contributed by atoms with E-state index in [4.69, 9.17) is 4.74 Å². The fraction of sp³-hybridized carbons (Fsp3) is 0.909. The molecule has 0 saturated carbocycles. The first-order valence-electron chi connectivity index (χ1n) is 5.67. The number of hydrogen-bond acceptors (Lipinski definition) is 3. The first-order valence-corrected chi connectivity index (χ1v) is 5.67. The van der Waals surface area contributed by atoms with Crippen molar-refractivity contribution in [3.8, 4) is 0 Å². The van der Waals surface area contributed by atoms with E-state index in [1.165, 1.54) is 0 Å². The van der Waals surface area contributed by atoms with Crippen molar-refractivity contribution >= 4 is 6.09 Å². The molecule has 2 rings (SSSR count). The van der Waals surface area contributed by atoms with E-state index in [9.17, 15) is 4.79 Å². The fourth-order valence-corrected chi connectivity index (χ4v) is 2.56. The van der Waals surface area contributed by atoms with Crippen LogP contribution < -0.4 is 5.32 Å². The van der Waals surface area contributed by atoms with Gasteiger partial charge in [0.05, 0.1) is 6.04 Å². The Kier molecular flexibility index (Phi) is 2.63. The molecule has 0 aliphatic carbocycles. The van der Waals surface area contributed by atoms with E-state index in [1.54, 1.807) is 0 Å². The van der Waals surface area contributed by atoms with E-state index >= 15 is 0 Å². The number of cyclic esters (lactones) is 1. The standard InChI is InChI=1S/C11H20N2O2/c1-11(2,3)13-9(7-15-10(13)14)8-4-5-12-6-8/h8-9,12H,4-7H2,1-3H3. The van der Waals surface area contributed by atoms with Crippen molar-refractivity contribution in [3.05, 3.63) is 0 Å². The molecule has 2 aliphatic rings. The summed E-state index contributed by atoms with van der Waals surface area (Å²) in [5.74, 6) is 0.552. The van der Waals surface area contributed by atoms with Crippen LogP contribution in [0.25, 0.3) is 0 Å². The molecule has 0 aromatic rings. The minimum atomic E-state index is -0.153. The van der Waals surface area contributed by atoms with Gasteiger partial charge in [-0.2, -0.15) is 0 Å². The largest absolute Gasteiger partial charge is 0.447 e. The molecule has 4 nitrogen and oxygen atoms in total. The van der Waals surface area contributed by atoms with Crippen molar-refractivity contribution in [2.24, 2.45) is 5.92 Å². The molecule has 1 amide bonds. The highest BCUT2D eigenvalue weighted by Gasteiger charge is 2.44. The van der Waals surface area contributed by atoms with Gasteiger partial charge in [0.2, 0.25) is 0 Å². The minimum Gasteiger partial charge on any atom is -0.447 e. The highest BCUT2D eigenvalue weighted by atomic mass is 16.6. The zero-order valence-corrected chi connectivity index (χ0v) is 9.75. The van der Waals surface area contributed by atoms with Crippen molar-refractivity contribution < 1.29 is 9.53 Å². The maximum atomic E-state index is 11.7. The van der Waals surface area contributed by atoms with Gasteiger partial charge in [-0.15, -0.1) is 0 Å². The Morgan fingerprint density at radius 1 is 1.47 bits per heavy atom. The Morgan fingerprint density at radius 2 is 2.20 bits per heavy atom. The van der Waals surface area contributed by atoms with Crippen molar-refractivity contribution in [2.75, 3.05) is 19.7 Å². The Balaban J connectivity index is 2.13. The molecule has 0 bridgehead atoms. The highest BCUT2D eigenvalue weighted by Crippen LogP contribution is 2.30. The van der Waals surface area contributed by atoms with Crippen LogP contribution in [-0.2, 0) is 4.74 Å². The zero-order chi connectivity index (χ0) is 11.1. The molecule has 0 radical (unpaired) electrons. The summed E-state index contributed by atoms with van der Waals surface area (Å²) in [5.41, 5.74) is -0.138. The van der Waals surface area contributed by atoms with Gasteiger partial charge in [0.15, 0.2) is 0 Å². The summed E-state index contributed by atoms with van der Waals surface area (Å²) in [5, 5.41) is 3.34. The third-order valence-electron chi connectivity index (χ3n) is 3.27. The van der Waals surface area contributed by atoms with Crippen LogP contribution in [0.2, 0.25) is 0 Å². The molecule has 2 heterocycles. The maximum absolute atomic E-state index is 11.7. The van der Waals surface area contributed by atoms with E-state index < -0.39 is 0 Å². The number of rotatable bonds is 1. The van der Waals surface area contributed by atoms with E-state index in [-0.39, 0.29) is 17.7 Å². The minimum absolute atomic E-state index is 0.138. The summed E-state index contributed by atoms with van der Waals surface area (Å²) in [6, 6.07) is 0.257. The molecule has 4 heteroatoms. The number of carbonyl (C=O) groups excluding carboxylic acids is 1.